The quantitative estimate of drug-likeness (QED) is 0.866. The van der Waals surface area contributed by atoms with E-state index in [1.54, 1.807) is 0 Å². The summed E-state index contributed by atoms with van der Waals surface area (Å²) < 4.78 is 0. The molecule has 1 aromatic rings. The molecule has 2 fully saturated rings. The van der Waals surface area contributed by atoms with Gasteiger partial charge in [-0.3, -0.25) is 14.5 Å². The summed E-state index contributed by atoms with van der Waals surface area (Å²) in [5, 5.41) is 3.12. The van der Waals surface area contributed by atoms with Crippen LogP contribution in [0.3, 0.4) is 0 Å². The van der Waals surface area contributed by atoms with Crippen LogP contribution in [0.5, 0.6) is 0 Å². The van der Waals surface area contributed by atoms with Crippen LogP contribution < -0.4 is 5.32 Å². The molecule has 5 nitrogen and oxygen atoms in total. The fourth-order valence-electron chi connectivity index (χ4n) is 4.51. The molecule has 0 bridgehead atoms. The minimum atomic E-state index is -0.0504. The van der Waals surface area contributed by atoms with Crippen molar-refractivity contribution >= 4 is 11.8 Å². The van der Waals surface area contributed by atoms with E-state index in [-0.39, 0.29) is 23.9 Å². The molecule has 1 heterocycles. The number of hydrogen-bond donors (Lipinski definition) is 1. The highest BCUT2D eigenvalue weighted by Gasteiger charge is 2.37. The molecule has 1 saturated heterocycles. The highest BCUT2D eigenvalue weighted by atomic mass is 16.2. The molecule has 1 saturated carbocycles. The SMILES string of the molecule is Cc1ccccc1C(=O)N1CCN([C@@H](C(=O)NC(C)C)C2CCCC2)CC1. The lowest BCUT2D eigenvalue weighted by molar-refractivity contribution is -0.129. The summed E-state index contributed by atoms with van der Waals surface area (Å²) in [6.45, 7) is 8.92. The van der Waals surface area contributed by atoms with Crippen molar-refractivity contribution < 1.29 is 9.59 Å². The molecule has 1 aliphatic heterocycles. The normalized spacial score (nSPS) is 20.1. The second-order valence-electron chi connectivity index (χ2n) is 8.30. The monoisotopic (exact) mass is 371 g/mol. The number of piperazine rings is 1. The topological polar surface area (TPSA) is 52.7 Å². The van der Waals surface area contributed by atoms with Crippen molar-refractivity contribution in [1.82, 2.24) is 15.1 Å². The molecule has 1 aromatic carbocycles. The summed E-state index contributed by atoms with van der Waals surface area (Å²) in [6, 6.07) is 7.87. The second kappa shape index (κ2) is 8.87. The van der Waals surface area contributed by atoms with Crippen LogP contribution >= 0.6 is 0 Å². The van der Waals surface area contributed by atoms with Crippen LogP contribution in [-0.4, -0.2) is 59.9 Å². The Kier molecular flexibility index (Phi) is 6.53. The van der Waals surface area contributed by atoms with Crippen molar-refractivity contribution in [1.29, 1.82) is 0 Å². The number of carbonyl (C=O) groups excluding carboxylic acids is 2. The first-order chi connectivity index (χ1) is 13.0. The molecular weight excluding hydrogens is 338 g/mol. The summed E-state index contributed by atoms with van der Waals surface area (Å²) in [5.74, 6) is 0.717. The summed E-state index contributed by atoms with van der Waals surface area (Å²) >= 11 is 0. The van der Waals surface area contributed by atoms with E-state index >= 15 is 0 Å². The number of rotatable bonds is 5. The van der Waals surface area contributed by atoms with E-state index in [1.807, 2.05) is 49.9 Å². The molecule has 3 rings (SSSR count). The number of carbonyl (C=O) groups is 2. The molecule has 0 radical (unpaired) electrons. The van der Waals surface area contributed by atoms with E-state index in [0.717, 1.165) is 37.1 Å². The van der Waals surface area contributed by atoms with E-state index in [1.165, 1.54) is 12.8 Å². The first-order valence-corrected chi connectivity index (χ1v) is 10.4. The van der Waals surface area contributed by atoms with Crippen molar-refractivity contribution in [2.24, 2.45) is 5.92 Å². The van der Waals surface area contributed by atoms with Crippen LogP contribution in [0.4, 0.5) is 0 Å². The van der Waals surface area contributed by atoms with Crippen LogP contribution in [0.2, 0.25) is 0 Å². The first kappa shape index (κ1) is 19.9. The molecule has 1 N–H and O–H groups in total. The van der Waals surface area contributed by atoms with Crippen molar-refractivity contribution in [3.05, 3.63) is 35.4 Å². The Morgan fingerprint density at radius 2 is 1.67 bits per heavy atom. The number of benzene rings is 1. The zero-order valence-electron chi connectivity index (χ0n) is 16.9. The van der Waals surface area contributed by atoms with Crippen LogP contribution in [0.25, 0.3) is 0 Å². The van der Waals surface area contributed by atoms with Gasteiger partial charge in [-0.1, -0.05) is 31.0 Å². The number of amides is 2. The van der Waals surface area contributed by atoms with Crippen LogP contribution in [0.1, 0.15) is 55.5 Å². The third-order valence-corrected chi connectivity index (χ3v) is 5.92. The lowest BCUT2D eigenvalue weighted by atomic mass is 9.94. The minimum Gasteiger partial charge on any atom is -0.353 e. The zero-order chi connectivity index (χ0) is 19.4. The molecule has 0 spiro atoms. The number of hydrogen-bond acceptors (Lipinski definition) is 3. The summed E-state index contributed by atoms with van der Waals surface area (Å²) in [5.41, 5.74) is 1.81. The van der Waals surface area contributed by atoms with Crippen LogP contribution in [0.15, 0.2) is 24.3 Å². The van der Waals surface area contributed by atoms with Gasteiger partial charge in [-0.15, -0.1) is 0 Å². The highest BCUT2D eigenvalue weighted by Crippen LogP contribution is 2.31. The van der Waals surface area contributed by atoms with Crippen LogP contribution in [0, 0.1) is 12.8 Å². The molecule has 0 aromatic heterocycles. The van der Waals surface area contributed by atoms with Crippen molar-refractivity contribution in [2.75, 3.05) is 26.2 Å². The standard InChI is InChI=1S/C22H33N3O2/c1-16(2)23-21(26)20(18-9-5-6-10-18)24-12-14-25(15-13-24)22(27)19-11-7-4-8-17(19)3/h4,7-8,11,16,18,20H,5-6,9-10,12-15H2,1-3H3,(H,23,26)/t20-/m1/s1. The Morgan fingerprint density at radius 3 is 2.26 bits per heavy atom. The molecule has 148 valence electrons. The van der Waals surface area contributed by atoms with Gasteiger partial charge in [0, 0.05) is 37.8 Å². The van der Waals surface area contributed by atoms with Gasteiger partial charge in [0.15, 0.2) is 0 Å². The van der Waals surface area contributed by atoms with Gasteiger partial charge < -0.3 is 10.2 Å². The predicted molar refractivity (Wildman–Crippen MR) is 108 cm³/mol. The van der Waals surface area contributed by atoms with Crippen LogP contribution in [-0.2, 0) is 4.79 Å². The average molecular weight is 372 g/mol. The Labute approximate surface area is 163 Å². The van der Waals surface area contributed by atoms with Gasteiger partial charge in [-0.25, -0.2) is 0 Å². The third kappa shape index (κ3) is 4.70. The highest BCUT2D eigenvalue weighted by molar-refractivity contribution is 5.95. The van der Waals surface area contributed by atoms with E-state index < -0.39 is 0 Å². The maximum atomic E-state index is 12.9. The van der Waals surface area contributed by atoms with Gasteiger partial charge in [-0.2, -0.15) is 0 Å². The predicted octanol–water partition coefficient (Wildman–Crippen LogP) is 2.84. The molecule has 5 heteroatoms. The third-order valence-electron chi connectivity index (χ3n) is 5.92. The lowest BCUT2D eigenvalue weighted by Gasteiger charge is -2.41. The Hall–Kier alpha value is -1.88. The molecule has 1 atom stereocenters. The van der Waals surface area contributed by atoms with E-state index in [9.17, 15) is 9.59 Å². The number of nitrogens with one attached hydrogen (secondary N) is 1. The summed E-state index contributed by atoms with van der Waals surface area (Å²) in [7, 11) is 0. The van der Waals surface area contributed by atoms with Gasteiger partial charge in [0.05, 0.1) is 6.04 Å². The summed E-state index contributed by atoms with van der Waals surface area (Å²) in [6.07, 6.45) is 4.72. The fourth-order valence-corrected chi connectivity index (χ4v) is 4.51. The van der Waals surface area contributed by atoms with Crippen molar-refractivity contribution in [3.63, 3.8) is 0 Å². The maximum Gasteiger partial charge on any atom is 0.254 e. The number of nitrogens with zero attached hydrogens (tertiary/aromatic N) is 2. The minimum absolute atomic E-state index is 0.0504. The average Bonchev–Trinajstić information content (AvgIpc) is 3.16. The van der Waals surface area contributed by atoms with Gasteiger partial charge >= 0.3 is 0 Å². The van der Waals surface area contributed by atoms with E-state index in [0.29, 0.717) is 19.0 Å². The van der Waals surface area contributed by atoms with E-state index in [2.05, 4.69) is 10.2 Å². The van der Waals surface area contributed by atoms with Gasteiger partial charge in [0.25, 0.3) is 5.91 Å². The molecule has 1 aliphatic carbocycles. The second-order valence-corrected chi connectivity index (χ2v) is 8.30. The van der Waals surface area contributed by atoms with Crippen molar-refractivity contribution in [2.45, 2.75) is 58.5 Å². The molecule has 2 aliphatic rings. The molecular formula is C22H33N3O2. The maximum absolute atomic E-state index is 12.9. The number of aryl methyl sites for hydroxylation is 1. The molecule has 2 amide bonds. The van der Waals surface area contributed by atoms with Gasteiger partial charge in [-0.05, 0) is 51.2 Å². The molecule has 0 unspecified atom stereocenters. The Balaban J connectivity index is 1.65. The first-order valence-electron chi connectivity index (χ1n) is 10.4. The zero-order valence-corrected chi connectivity index (χ0v) is 16.9. The van der Waals surface area contributed by atoms with Crippen molar-refractivity contribution in [3.8, 4) is 0 Å². The lowest BCUT2D eigenvalue weighted by Crippen LogP contribution is -2.58. The molecule has 27 heavy (non-hydrogen) atoms. The van der Waals surface area contributed by atoms with Gasteiger partial charge in [0.2, 0.25) is 5.91 Å². The van der Waals surface area contributed by atoms with E-state index in [4.69, 9.17) is 0 Å². The Bertz CT molecular complexity index is 659. The summed E-state index contributed by atoms with van der Waals surface area (Å²) in [4.78, 5) is 30.0. The Morgan fingerprint density at radius 1 is 1.04 bits per heavy atom. The fraction of sp³-hybridized carbons (Fsp3) is 0.636. The van der Waals surface area contributed by atoms with Gasteiger partial charge in [0.1, 0.15) is 0 Å². The smallest absolute Gasteiger partial charge is 0.254 e. The largest absolute Gasteiger partial charge is 0.353 e.